The lowest BCUT2D eigenvalue weighted by molar-refractivity contribution is 0.0698. The number of pyridine rings is 1. The molecule has 0 unspecified atom stereocenters. The fourth-order valence-electron chi connectivity index (χ4n) is 3.46. The van der Waals surface area contributed by atoms with E-state index in [2.05, 4.69) is 32.1 Å². The summed E-state index contributed by atoms with van der Waals surface area (Å²) in [5.41, 5.74) is 2.92. The third-order valence-electron chi connectivity index (χ3n) is 4.81. The van der Waals surface area contributed by atoms with Gasteiger partial charge < -0.3 is 5.11 Å². The molecule has 1 aliphatic heterocycles. The van der Waals surface area contributed by atoms with Crippen molar-refractivity contribution in [3.05, 3.63) is 59.8 Å². The van der Waals surface area contributed by atoms with Crippen molar-refractivity contribution in [2.45, 2.75) is 25.3 Å². The lowest BCUT2D eigenvalue weighted by Crippen LogP contribution is -2.32. The van der Waals surface area contributed by atoms with E-state index in [9.17, 15) is 4.79 Å². The Labute approximate surface area is 144 Å². The molecule has 1 fully saturated rings. The number of nitrogens with zero attached hydrogens (tertiary/aromatic N) is 5. The van der Waals surface area contributed by atoms with E-state index < -0.39 is 5.97 Å². The van der Waals surface area contributed by atoms with E-state index in [-0.39, 0.29) is 5.56 Å². The number of piperidine rings is 1. The molecule has 0 aromatic carbocycles. The van der Waals surface area contributed by atoms with Crippen molar-refractivity contribution >= 4 is 11.6 Å². The highest BCUT2D eigenvalue weighted by Crippen LogP contribution is 2.28. The molecule has 0 aliphatic carbocycles. The highest BCUT2D eigenvalue weighted by Gasteiger charge is 2.21. The number of carboxylic acids is 1. The smallest absolute Gasteiger partial charge is 0.341 e. The number of hydrogen-bond acceptors (Lipinski definition) is 5. The van der Waals surface area contributed by atoms with Crippen molar-refractivity contribution < 1.29 is 9.90 Å². The second-order valence-electron chi connectivity index (χ2n) is 6.42. The van der Waals surface area contributed by atoms with Gasteiger partial charge in [-0.2, -0.15) is 5.10 Å². The number of hydrogen-bond donors (Lipinski definition) is 1. The third-order valence-corrected chi connectivity index (χ3v) is 4.81. The minimum Gasteiger partial charge on any atom is -0.477 e. The molecule has 1 aliphatic rings. The molecule has 7 heteroatoms. The van der Waals surface area contributed by atoms with Crippen LogP contribution in [0.25, 0.3) is 5.65 Å². The van der Waals surface area contributed by atoms with Crippen LogP contribution in [0.1, 0.15) is 40.2 Å². The van der Waals surface area contributed by atoms with Gasteiger partial charge in [0.1, 0.15) is 5.56 Å². The second kappa shape index (κ2) is 6.60. The molecule has 0 amide bonds. The zero-order chi connectivity index (χ0) is 17.2. The Hall–Kier alpha value is -2.80. The third kappa shape index (κ3) is 3.23. The summed E-state index contributed by atoms with van der Waals surface area (Å²) >= 11 is 0. The first-order valence-electron chi connectivity index (χ1n) is 8.38. The Morgan fingerprint density at radius 3 is 2.68 bits per heavy atom. The van der Waals surface area contributed by atoms with Crippen LogP contribution in [0.2, 0.25) is 0 Å². The summed E-state index contributed by atoms with van der Waals surface area (Å²) in [4.78, 5) is 21.9. The van der Waals surface area contributed by atoms with Gasteiger partial charge in [-0.15, -0.1) is 0 Å². The van der Waals surface area contributed by atoms with Gasteiger partial charge in [-0.1, -0.05) is 0 Å². The molecule has 25 heavy (non-hydrogen) atoms. The van der Waals surface area contributed by atoms with Crippen molar-refractivity contribution in [1.29, 1.82) is 0 Å². The Bertz CT molecular complexity index is 885. The molecule has 0 radical (unpaired) electrons. The summed E-state index contributed by atoms with van der Waals surface area (Å²) in [6, 6.07) is 4.21. The Kier molecular flexibility index (Phi) is 4.15. The molecule has 4 rings (SSSR count). The summed E-state index contributed by atoms with van der Waals surface area (Å²) in [6.45, 7) is 2.86. The number of fused-ring (bicyclic) bond motifs is 1. The summed E-state index contributed by atoms with van der Waals surface area (Å²) in [7, 11) is 0. The molecule has 0 atom stereocenters. The summed E-state index contributed by atoms with van der Waals surface area (Å²) in [5.74, 6) is -0.405. The van der Waals surface area contributed by atoms with Crippen LogP contribution in [-0.2, 0) is 6.54 Å². The zero-order valence-electron chi connectivity index (χ0n) is 13.7. The van der Waals surface area contributed by atoms with Gasteiger partial charge in [0.05, 0.1) is 6.20 Å². The van der Waals surface area contributed by atoms with Gasteiger partial charge in [0.25, 0.3) is 0 Å². The van der Waals surface area contributed by atoms with E-state index in [1.807, 2.05) is 18.6 Å². The molecule has 0 spiro atoms. The highest BCUT2D eigenvalue weighted by atomic mass is 16.4. The van der Waals surface area contributed by atoms with Crippen LogP contribution >= 0.6 is 0 Å². The van der Waals surface area contributed by atoms with E-state index in [1.54, 1.807) is 10.7 Å². The van der Waals surface area contributed by atoms with Gasteiger partial charge in [-0.3, -0.25) is 9.88 Å². The molecule has 128 valence electrons. The first-order valence-corrected chi connectivity index (χ1v) is 8.38. The number of likely N-dealkylation sites (tertiary alicyclic amines) is 1. The Morgan fingerprint density at radius 2 is 1.96 bits per heavy atom. The number of aromatic carboxylic acids is 1. The van der Waals surface area contributed by atoms with Crippen LogP contribution in [0.5, 0.6) is 0 Å². The largest absolute Gasteiger partial charge is 0.477 e. The minimum absolute atomic E-state index is 0.129. The van der Waals surface area contributed by atoms with E-state index in [1.165, 1.54) is 11.8 Å². The van der Waals surface area contributed by atoms with Gasteiger partial charge in [-0.25, -0.2) is 14.3 Å². The van der Waals surface area contributed by atoms with Gasteiger partial charge >= 0.3 is 5.97 Å². The van der Waals surface area contributed by atoms with Crippen molar-refractivity contribution in [1.82, 2.24) is 24.5 Å². The van der Waals surface area contributed by atoms with Crippen molar-refractivity contribution in [2.75, 3.05) is 13.1 Å². The quantitative estimate of drug-likeness (QED) is 0.786. The van der Waals surface area contributed by atoms with E-state index in [0.29, 0.717) is 11.6 Å². The molecule has 3 aromatic rings. The monoisotopic (exact) mass is 337 g/mol. The second-order valence-corrected chi connectivity index (χ2v) is 6.42. The fraction of sp³-hybridized carbons (Fsp3) is 0.333. The summed E-state index contributed by atoms with van der Waals surface area (Å²) < 4.78 is 1.54. The molecule has 7 nitrogen and oxygen atoms in total. The molecule has 0 bridgehead atoms. The number of carbonyl (C=O) groups is 1. The van der Waals surface area contributed by atoms with Gasteiger partial charge in [0.15, 0.2) is 5.65 Å². The van der Waals surface area contributed by atoms with Crippen LogP contribution < -0.4 is 0 Å². The molecule has 0 saturated carbocycles. The first kappa shape index (κ1) is 15.7. The van der Waals surface area contributed by atoms with Crippen molar-refractivity contribution in [3.63, 3.8) is 0 Å². The lowest BCUT2D eigenvalue weighted by Gasteiger charge is -2.32. The predicted molar refractivity (Wildman–Crippen MR) is 91.4 cm³/mol. The van der Waals surface area contributed by atoms with Crippen LogP contribution in [-0.4, -0.2) is 48.6 Å². The molecular formula is C18H19N5O2. The topological polar surface area (TPSA) is 83.6 Å². The van der Waals surface area contributed by atoms with Crippen LogP contribution in [0.15, 0.2) is 43.1 Å². The van der Waals surface area contributed by atoms with Crippen LogP contribution in [0.3, 0.4) is 0 Å². The average molecular weight is 337 g/mol. The van der Waals surface area contributed by atoms with Gasteiger partial charge in [-0.05, 0) is 49.5 Å². The predicted octanol–water partition coefficient (Wildman–Crippen LogP) is 2.20. The molecule has 1 N–H and O–H groups in total. The fourth-order valence-corrected chi connectivity index (χ4v) is 3.46. The van der Waals surface area contributed by atoms with Gasteiger partial charge in [0.2, 0.25) is 0 Å². The lowest BCUT2D eigenvalue weighted by atomic mass is 9.90. The van der Waals surface area contributed by atoms with Crippen molar-refractivity contribution in [2.24, 2.45) is 0 Å². The summed E-state index contributed by atoms with van der Waals surface area (Å²) in [6.07, 6.45) is 10.9. The Morgan fingerprint density at radius 1 is 1.20 bits per heavy atom. The standard InChI is InChI=1S/C18H19N5O2/c24-18(25)16-10-21-23-12-13(9-20-17(16)23)11-22-7-3-15(4-8-22)14-1-5-19-6-2-14/h1-2,5-6,9-10,12,15H,3-4,7-8,11H2,(H,24,25). The molecule has 3 aromatic heterocycles. The maximum atomic E-state index is 11.1. The first-order chi connectivity index (χ1) is 12.2. The maximum Gasteiger partial charge on any atom is 0.341 e. The normalized spacial score (nSPS) is 16.3. The van der Waals surface area contributed by atoms with E-state index in [4.69, 9.17) is 5.11 Å². The minimum atomic E-state index is -1.01. The highest BCUT2D eigenvalue weighted by molar-refractivity contribution is 5.93. The SMILES string of the molecule is O=C(O)c1cnn2cc(CN3CCC(c4ccncc4)CC3)cnc12. The average Bonchev–Trinajstić information content (AvgIpc) is 3.07. The van der Waals surface area contributed by atoms with Crippen LogP contribution in [0, 0.1) is 0 Å². The number of carboxylic acid groups (broad SMARTS) is 1. The van der Waals surface area contributed by atoms with Crippen LogP contribution in [0.4, 0.5) is 0 Å². The van der Waals surface area contributed by atoms with Gasteiger partial charge in [0, 0.05) is 36.9 Å². The zero-order valence-corrected chi connectivity index (χ0v) is 13.7. The molecule has 4 heterocycles. The maximum absolute atomic E-state index is 11.1. The van der Waals surface area contributed by atoms with E-state index >= 15 is 0 Å². The molecule has 1 saturated heterocycles. The molecular weight excluding hydrogens is 318 g/mol. The summed E-state index contributed by atoms with van der Waals surface area (Å²) in [5, 5.41) is 13.2. The van der Waals surface area contributed by atoms with Crippen molar-refractivity contribution in [3.8, 4) is 0 Å². The van der Waals surface area contributed by atoms with E-state index in [0.717, 1.165) is 38.0 Å². The Balaban J connectivity index is 1.42. The number of aromatic nitrogens is 4. The number of rotatable bonds is 4.